The fraction of sp³-hybridized carbons (Fsp3) is 0.162. The summed E-state index contributed by atoms with van der Waals surface area (Å²) in [6.45, 7) is 6.00. The number of non-ortho nitro benzene ring substituents is 1. The average molecular weight is 691 g/mol. The van der Waals surface area contributed by atoms with Crippen molar-refractivity contribution in [3.63, 3.8) is 0 Å². The van der Waals surface area contributed by atoms with E-state index in [1.807, 2.05) is 54.6 Å². The van der Waals surface area contributed by atoms with Gasteiger partial charge in [-0.1, -0.05) is 98.0 Å². The maximum Gasteiger partial charge on any atom is 0.338 e. The molecule has 4 aromatic carbocycles. The van der Waals surface area contributed by atoms with Gasteiger partial charge in [0.15, 0.2) is 4.80 Å². The molecule has 1 aliphatic heterocycles. The number of rotatable bonds is 10. The first-order chi connectivity index (χ1) is 24.1. The lowest BCUT2D eigenvalue weighted by atomic mass is 9.91. The molecule has 5 aromatic rings. The molecule has 0 saturated carbocycles. The summed E-state index contributed by atoms with van der Waals surface area (Å²) in [4.78, 5) is 54.9. The second-order valence-corrected chi connectivity index (χ2v) is 12.6. The predicted octanol–water partition coefficient (Wildman–Crippen LogP) is 6.67. The molecule has 50 heavy (non-hydrogen) atoms. The number of hydrogen-bond acceptors (Lipinski definition) is 10. The van der Waals surface area contributed by atoms with Crippen LogP contribution in [0, 0.1) is 20.2 Å². The van der Waals surface area contributed by atoms with Crippen molar-refractivity contribution in [2.24, 2.45) is 4.99 Å². The Hall–Kier alpha value is -6.21. The number of nitro benzene ring substituents is 2. The Morgan fingerprint density at radius 3 is 2.30 bits per heavy atom. The molecule has 0 radical (unpaired) electrons. The molecule has 0 unspecified atom stereocenters. The van der Waals surface area contributed by atoms with Crippen molar-refractivity contribution in [1.29, 1.82) is 0 Å². The number of nitro groups is 2. The van der Waals surface area contributed by atoms with E-state index in [4.69, 9.17) is 14.5 Å². The van der Waals surface area contributed by atoms with E-state index in [9.17, 15) is 29.8 Å². The van der Waals surface area contributed by atoms with E-state index < -0.39 is 38.8 Å². The molecule has 13 heteroatoms. The maximum absolute atomic E-state index is 14.4. The number of esters is 1. The zero-order chi connectivity index (χ0) is 35.5. The molecule has 0 N–H and O–H groups in total. The van der Waals surface area contributed by atoms with Gasteiger partial charge in [0, 0.05) is 17.2 Å². The molecule has 0 fully saturated rings. The molecule has 1 aliphatic rings. The van der Waals surface area contributed by atoms with Crippen molar-refractivity contribution < 1.29 is 24.1 Å². The highest BCUT2D eigenvalue weighted by Crippen LogP contribution is 2.37. The number of aromatic nitrogens is 1. The van der Waals surface area contributed by atoms with Gasteiger partial charge in [0.25, 0.3) is 11.2 Å². The molecule has 0 amide bonds. The third kappa shape index (κ3) is 6.58. The Balaban J connectivity index is 1.54. The summed E-state index contributed by atoms with van der Waals surface area (Å²) in [5.74, 6) is -0.362. The molecule has 1 atom stereocenters. The lowest BCUT2D eigenvalue weighted by molar-refractivity contribution is -0.394. The molecule has 0 saturated heterocycles. The number of thiazole rings is 1. The van der Waals surface area contributed by atoms with E-state index in [1.165, 1.54) is 4.57 Å². The van der Waals surface area contributed by atoms with Crippen LogP contribution in [-0.2, 0) is 9.53 Å². The fourth-order valence-corrected chi connectivity index (χ4v) is 6.61. The molecular formula is C37H30N4O8S. The van der Waals surface area contributed by atoms with Crippen LogP contribution in [-0.4, -0.2) is 27.0 Å². The number of hydrogen-bond donors (Lipinski definition) is 0. The number of fused-ring (bicyclic) bond motifs is 1. The van der Waals surface area contributed by atoms with Gasteiger partial charge in [0.2, 0.25) is 5.75 Å². The summed E-state index contributed by atoms with van der Waals surface area (Å²) in [6.07, 6.45) is 1.59. The Labute approximate surface area is 289 Å². The Morgan fingerprint density at radius 2 is 1.64 bits per heavy atom. The number of para-hydroxylation sites is 1. The highest BCUT2D eigenvalue weighted by Gasteiger charge is 2.35. The minimum atomic E-state index is -0.863. The molecule has 2 heterocycles. The van der Waals surface area contributed by atoms with E-state index in [-0.39, 0.29) is 34.1 Å². The molecule has 0 aliphatic carbocycles. The number of carbonyl (C=O) groups is 1. The van der Waals surface area contributed by atoms with Crippen molar-refractivity contribution in [1.82, 2.24) is 4.57 Å². The first-order valence-electron chi connectivity index (χ1n) is 15.7. The molecule has 0 spiro atoms. The van der Waals surface area contributed by atoms with Gasteiger partial charge in [0.1, 0.15) is 5.75 Å². The number of benzene rings is 4. The van der Waals surface area contributed by atoms with Crippen molar-refractivity contribution in [2.45, 2.75) is 32.7 Å². The minimum absolute atomic E-state index is 0.123. The van der Waals surface area contributed by atoms with E-state index in [2.05, 4.69) is 13.8 Å². The van der Waals surface area contributed by atoms with Crippen LogP contribution in [0.1, 0.15) is 55.0 Å². The van der Waals surface area contributed by atoms with Gasteiger partial charge in [0.05, 0.1) is 44.4 Å². The maximum atomic E-state index is 14.4. The van der Waals surface area contributed by atoms with Gasteiger partial charge in [-0.05, 0) is 42.2 Å². The quantitative estimate of drug-likeness (QED) is 0.0894. The lowest BCUT2D eigenvalue weighted by Gasteiger charge is -2.26. The summed E-state index contributed by atoms with van der Waals surface area (Å²) in [5, 5.41) is 23.0. The summed E-state index contributed by atoms with van der Waals surface area (Å²) < 4.78 is 13.2. The van der Waals surface area contributed by atoms with Crippen LogP contribution < -0.4 is 19.6 Å². The smallest absolute Gasteiger partial charge is 0.338 e. The summed E-state index contributed by atoms with van der Waals surface area (Å²) >= 11 is 1.12. The largest absolute Gasteiger partial charge is 0.463 e. The first kappa shape index (κ1) is 33.7. The predicted molar refractivity (Wildman–Crippen MR) is 188 cm³/mol. The molecular weight excluding hydrogens is 660 g/mol. The normalized spacial score (nSPS) is 14.2. The standard InChI is InChI=1S/C37H30N4O8S/c1-4-48-36(43)32-33(24-10-6-5-7-11-24)38-37-39(34(32)25-16-14-23(15-17-25)22(2)3)35(42)31(50-37)20-26-12-8-9-13-29(26)49-30-19-18-27(40(44)45)21-28(30)41(46)47/h5-22,34H,4H2,1-3H3/b31-20+/t34-/m0/s1. The van der Waals surface area contributed by atoms with E-state index >= 15 is 0 Å². The molecule has 12 nitrogen and oxygen atoms in total. The summed E-state index contributed by atoms with van der Waals surface area (Å²) in [6, 6.07) is 25.9. The van der Waals surface area contributed by atoms with E-state index in [0.29, 0.717) is 27.2 Å². The zero-order valence-electron chi connectivity index (χ0n) is 27.1. The molecule has 0 bridgehead atoms. The number of ether oxygens (including phenoxy) is 2. The third-order valence-corrected chi connectivity index (χ3v) is 9.05. The van der Waals surface area contributed by atoms with Crippen LogP contribution in [0.15, 0.2) is 112 Å². The topological polar surface area (TPSA) is 156 Å². The van der Waals surface area contributed by atoms with Crippen LogP contribution in [0.4, 0.5) is 11.4 Å². The minimum Gasteiger partial charge on any atom is -0.463 e. The van der Waals surface area contributed by atoms with Crippen LogP contribution in [0.5, 0.6) is 11.5 Å². The second kappa shape index (κ2) is 14.1. The second-order valence-electron chi connectivity index (χ2n) is 11.6. The van der Waals surface area contributed by atoms with Crippen molar-refractivity contribution >= 4 is 40.5 Å². The van der Waals surface area contributed by atoms with Crippen molar-refractivity contribution in [3.8, 4) is 11.5 Å². The molecule has 1 aromatic heterocycles. The Bertz CT molecular complexity index is 2350. The number of nitrogens with zero attached hydrogens (tertiary/aromatic N) is 4. The SMILES string of the molecule is CCOC(=O)C1=C(c2ccccc2)N=c2s/c(=C/c3ccccc3Oc3ccc([N+](=O)[O-])cc3[N+](=O)[O-])c(=O)n2[C@H]1c1ccc(C(C)C)cc1. The third-order valence-electron chi connectivity index (χ3n) is 8.07. The fourth-order valence-electron chi connectivity index (χ4n) is 5.62. The molecule has 252 valence electrons. The highest BCUT2D eigenvalue weighted by molar-refractivity contribution is 7.07. The molecule has 6 rings (SSSR count). The van der Waals surface area contributed by atoms with Crippen LogP contribution >= 0.6 is 11.3 Å². The van der Waals surface area contributed by atoms with Crippen LogP contribution in [0.3, 0.4) is 0 Å². The van der Waals surface area contributed by atoms with Gasteiger partial charge in [-0.25, -0.2) is 9.79 Å². The average Bonchev–Trinajstić information content (AvgIpc) is 3.42. The van der Waals surface area contributed by atoms with Gasteiger partial charge in [-0.15, -0.1) is 0 Å². The van der Waals surface area contributed by atoms with Crippen molar-refractivity contribution in [3.05, 3.63) is 165 Å². The first-order valence-corrected chi connectivity index (χ1v) is 16.5. The van der Waals surface area contributed by atoms with Gasteiger partial charge in [-0.3, -0.25) is 29.6 Å². The van der Waals surface area contributed by atoms with Crippen LogP contribution in [0.2, 0.25) is 0 Å². The van der Waals surface area contributed by atoms with Gasteiger partial charge < -0.3 is 9.47 Å². The monoisotopic (exact) mass is 690 g/mol. The van der Waals surface area contributed by atoms with E-state index in [0.717, 1.165) is 35.1 Å². The van der Waals surface area contributed by atoms with Gasteiger partial charge >= 0.3 is 11.7 Å². The Kier molecular flexibility index (Phi) is 9.50. The summed E-state index contributed by atoms with van der Waals surface area (Å²) in [7, 11) is 0. The summed E-state index contributed by atoms with van der Waals surface area (Å²) in [5.41, 5.74) is 2.04. The van der Waals surface area contributed by atoms with E-state index in [1.54, 1.807) is 37.3 Å². The lowest BCUT2D eigenvalue weighted by Crippen LogP contribution is -2.40. The zero-order valence-corrected chi connectivity index (χ0v) is 28.0. The highest BCUT2D eigenvalue weighted by atomic mass is 32.1. The Morgan fingerprint density at radius 1 is 0.940 bits per heavy atom. The van der Waals surface area contributed by atoms with Crippen LogP contribution in [0.25, 0.3) is 11.8 Å². The van der Waals surface area contributed by atoms with Crippen molar-refractivity contribution in [2.75, 3.05) is 6.61 Å². The van der Waals surface area contributed by atoms with Gasteiger partial charge in [-0.2, -0.15) is 0 Å². The number of carbonyl (C=O) groups excluding carboxylic acids is 1.